The quantitative estimate of drug-likeness (QED) is 0.773. The second-order valence-electron chi connectivity index (χ2n) is 6.96. The van der Waals surface area contributed by atoms with Gasteiger partial charge in [0.15, 0.2) is 0 Å². The van der Waals surface area contributed by atoms with Gasteiger partial charge < -0.3 is 5.32 Å². The average molecular weight is 364 g/mol. The maximum Gasteiger partial charge on any atom is 0.253 e. The van der Waals surface area contributed by atoms with E-state index in [-0.39, 0.29) is 24.1 Å². The summed E-state index contributed by atoms with van der Waals surface area (Å²) >= 11 is 0. The molecule has 0 radical (unpaired) electrons. The first-order valence-electron chi connectivity index (χ1n) is 8.98. The Kier molecular flexibility index (Phi) is 3.50. The van der Waals surface area contributed by atoms with Gasteiger partial charge in [-0.15, -0.1) is 0 Å². The van der Waals surface area contributed by atoms with Crippen LogP contribution in [0.2, 0.25) is 0 Å². The lowest BCUT2D eigenvalue weighted by molar-refractivity contribution is -0.124. The number of imidazole rings is 1. The molecule has 0 saturated heterocycles. The van der Waals surface area contributed by atoms with Crippen molar-refractivity contribution < 1.29 is 14.0 Å². The lowest BCUT2D eigenvalue weighted by Crippen LogP contribution is -2.33. The number of carbonyl (C=O) groups excluding carboxylic acids is 2. The Balaban J connectivity index is 1.48. The fraction of sp³-hybridized carbons (Fsp3) is 0.250. The smallest absolute Gasteiger partial charge is 0.253 e. The van der Waals surface area contributed by atoms with Gasteiger partial charge in [0, 0.05) is 6.04 Å². The van der Waals surface area contributed by atoms with Crippen LogP contribution in [0.15, 0.2) is 48.5 Å². The van der Waals surface area contributed by atoms with Gasteiger partial charge in [0.25, 0.3) is 5.91 Å². The van der Waals surface area contributed by atoms with Crippen LogP contribution in [0.4, 0.5) is 16.0 Å². The molecule has 0 unspecified atom stereocenters. The number of halogens is 1. The average Bonchev–Trinajstić information content (AvgIpc) is 3.36. The summed E-state index contributed by atoms with van der Waals surface area (Å²) in [6.45, 7) is 0. The molecule has 1 atom stereocenters. The number of hydrogen-bond acceptors (Lipinski definition) is 3. The van der Waals surface area contributed by atoms with Gasteiger partial charge in [-0.1, -0.05) is 24.3 Å². The number of hydrogen-bond donors (Lipinski definition) is 1. The molecule has 0 spiro atoms. The Labute approximate surface area is 154 Å². The summed E-state index contributed by atoms with van der Waals surface area (Å²) in [5, 5.41) is 2.57. The predicted octanol–water partition coefficient (Wildman–Crippen LogP) is 3.25. The summed E-state index contributed by atoms with van der Waals surface area (Å²) in [6.07, 6.45) is 1.83. The number of para-hydroxylation sites is 3. The molecule has 6 nitrogen and oxygen atoms in total. The number of amides is 2. The van der Waals surface area contributed by atoms with Crippen molar-refractivity contribution in [3.05, 3.63) is 54.3 Å². The van der Waals surface area contributed by atoms with E-state index in [2.05, 4.69) is 10.3 Å². The molecule has 1 fully saturated rings. The summed E-state index contributed by atoms with van der Waals surface area (Å²) in [6, 6.07) is 13.1. The van der Waals surface area contributed by atoms with E-state index in [1.54, 1.807) is 17.0 Å². The zero-order valence-electron chi connectivity index (χ0n) is 14.4. The normalized spacial score (nSPS) is 18.8. The molecule has 1 saturated carbocycles. The first kappa shape index (κ1) is 16.0. The monoisotopic (exact) mass is 364 g/mol. The van der Waals surface area contributed by atoms with Crippen molar-refractivity contribution in [2.75, 3.05) is 10.2 Å². The molecule has 2 aromatic carbocycles. The van der Waals surface area contributed by atoms with E-state index in [1.807, 2.05) is 28.8 Å². The maximum atomic E-state index is 13.8. The standard InChI is InChI=1S/C20H17FN4O2/c21-13-5-1-2-6-14(13)22-18(26)11-17-19(27)24(12-9-10-12)20-23-15-7-3-4-8-16(15)25(17)20/h1-8,12,17H,9-11H2,(H,22,26)/t17-/m1/s1. The predicted molar refractivity (Wildman–Crippen MR) is 98.9 cm³/mol. The largest absolute Gasteiger partial charge is 0.324 e. The molecule has 2 aliphatic rings. The van der Waals surface area contributed by atoms with Gasteiger partial charge in [0.1, 0.15) is 11.9 Å². The fourth-order valence-corrected chi connectivity index (χ4v) is 3.67. The number of nitrogens with zero attached hydrogens (tertiary/aromatic N) is 3. The van der Waals surface area contributed by atoms with Crippen molar-refractivity contribution in [2.45, 2.75) is 31.3 Å². The third-order valence-electron chi connectivity index (χ3n) is 5.07. The van der Waals surface area contributed by atoms with Crippen LogP contribution in [0.1, 0.15) is 25.3 Å². The number of benzene rings is 2. The van der Waals surface area contributed by atoms with Crippen LogP contribution in [0, 0.1) is 5.82 Å². The van der Waals surface area contributed by atoms with Crippen LogP contribution in [0.3, 0.4) is 0 Å². The summed E-state index contributed by atoms with van der Waals surface area (Å²) in [5.41, 5.74) is 1.74. The minimum absolute atomic E-state index is 0.0657. The third-order valence-corrected chi connectivity index (χ3v) is 5.07. The SMILES string of the molecule is O=C(C[C@@H]1C(=O)N(C2CC2)c2nc3ccccc3n21)Nc1ccccc1F. The molecule has 1 aliphatic carbocycles. The third kappa shape index (κ3) is 2.58. The van der Waals surface area contributed by atoms with Gasteiger partial charge in [0.2, 0.25) is 11.9 Å². The maximum absolute atomic E-state index is 13.8. The highest BCUT2D eigenvalue weighted by molar-refractivity contribution is 6.05. The highest BCUT2D eigenvalue weighted by Gasteiger charge is 2.47. The molecule has 2 heterocycles. The highest BCUT2D eigenvalue weighted by atomic mass is 19.1. The summed E-state index contributed by atoms with van der Waals surface area (Å²) in [5.74, 6) is -0.418. The van der Waals surface area contributed by atoms with Gasteiger partial charge in [-0.25, -0.2) is 9.37 Å². The topological polar surface area (TPSA) is 67.2 Å². The van der Waals surface area contributed by atoms with Crippen molar-refractivity contribution in [1.29, 1.82) is 0 Å². The van der Waals surface area contributed by atoms with Crippen LogP contribution in [0.5, 0.6) is 0 Å². The molecule has 0 bridgehead atoms. The van der Waals surface area contributed by atoms with Gasteiger partial charge in [0.05, 0.1) is 23.1 Å². The number of nitrogens with one attached hydrogen (secondary N) is 1. The van der Waals surface area contributed by atoms with Crippen molar-refractivity contribution >= 4 is 34.5 Å². The van der Waals surface area contributed by atoms with Crippen LogP contribution in [0.25, 0.3) is 11.0 Å². The molecule has 1 aromatic heterocycles. The van der Waals surface area contributed by atoms with Crippen molar-refractivity contribution in [2.24, 2.45) is 0 Å². The van der Waals surface area contributed by atoms with Gasteiger partial charge in [-0.3, -0.25) is 19.1 Å². The van der Waals surface area contributed by atoms with Crippen LogP contribution >= 0.6 is 0 Å². The van der Waals surface area contributed by atoms with E-state index >= 15 is 0 Å². The van der Waals surface area contributed by atoms with Crippen LogP contribution < -0.4 is 10.2 Å². The Morgan fingerprint density at radius 1 is 1.15 bits per heavy atom. The van der Waals surface area contributed by atoms with Gasteiger partial charge >= 0.3 is 0 Å². The Hall–Kier alpha value is -3.22. The van der Waals surface area contributed by atoms with E-state index in [4.69, 9.17) is 0 Å². The Morgan fingerprint density at radius 3 is 2.67 bits per heavy atom. The zero-order valence-corrected chi connectivity index (χ0v) is 14.4. The van der Waals surface area contributed by atoms with Crippen LogP contribution in [-0.4, -0.2) is 27.4 Å². The number of fused-ring (bicyclic) bond motifs is 3. The first-order valence-corrected chi connectivity index (χ1v) is 8.98. The van der Waals surface area contributed by atoms with Crippen molar-refractivity contribution in [3.63, 3.8) is 0 Å². The van der Waals surface area contributed by atoms with E-state index in [1.165, 1.54) is 12.1 Å². The van der Waals surface area contributed by atoms with Crippen molar-refractivity contribution in [1.82, 2.24) is 9.55 Å². The lowest BCUT2D eigenvalue weighted by atomic mass is 10.1. The summed E-state index contributed by atoms with van der Waals surface area (Å²) < 4.78 is 15.7. The van der Waals surface area contributed by atoms with Crippen molar-refractivity contribution in [3.8, 4) is 0 Å². The minimum atomic E-state index is -0.667. The molecular weight excluding hydrogens is 347 g/mol. The van der Waals surface area contributed by atoms with E-state index in [0.717, 1.165) is 23.9 Å². The molecule has 1 aliphatic heterocycles. The Bertz CT molecular complexity index is 1070. The molecule has 27 heavy (non-hydrogen) atoms. The number of rotatable bonds is 4. The zero-order chi connectivity index (χ0) is 18.5. The molecule has 5 rings (SSSR count). The molecule has 2 amide bonds. The Morgan fingerprint density at radius 2 is 1.89 bits per heavy atom. The number of aromatic nitrogens is 2. The minimum Gasteiger partial charge on any atom is -0.324 e. The summed E-state index contributed by atoms with van der Waals surface area (Å²) in [4.78, 5) is 31.9. The summed E-state index contributed by atoms with van der Waals surface area (Å²) in [7, 11) is 0. The second kappa shape index (κ2) is 5.90. The van der Waals surface area contributed by atoms with E-state index < -0.39 is 17.8 Å². The van der Waals surface area contributed by atoms with E-state index in [9.17, 15) is 14.0 Å². The molecule has 3 aromatic rings. The lowest BCUT2D eigenvalue weighted by Gasteiger charge is -2.15. The first-order chi connectivity index (χ1) is 13.1. The van der Waals surface area contributed by atoms with Crippen LogP contribution in [-0.2, 0) is 9.59 Å². The van der Waals surface area contributed by atoms with Gasteiger partial charge in [-0.05, 0) is 37.1 Å². The highest BCUT2D eigenvalue weighted by Crippen LogP contribution is 2.42. The molecular formula is C20H17FN4O2. The van der Waals surface area contributed by atoms with E-state index in [0.29, 0.717) is 5.95 Å². The second-order valence-corrected chi connectivity index (χ2v) is 6.96. The molecule has 1 N–H and O–H groups in total. The molecule has 7 heteroatoms. The fourth-order valence-electron chi connectivity index (χ4n) is 3.67. The van der Waals surface area contributed by atoms with Gasteiger partial charge in [-0.2, -0.15) is 0 Å². The number of anilines is 2. The molecule has 136 valence electrons. The number of carbonyl (C=O) groups is 2.